The Bertz CT molecular complexity index is 336. The van der Waals surface area contributed by atoms with Crippen LogP contribution in [0.3, 0.4) is 0 Å². The number of nitrogens with one attached hydrogen (secondary N) is 1. The number of rotatable bonds is 6. The van der Waals surface area contributed by atoms with Gasteiger partial charge in [-0.05, 0) is 52.8 Å². The molecule has 0 amide bonds. The van der Waals surface area contributed by atoms with E-state index in [0.29, 0.717) is 6.61 Å². The van der Waals surface area contributed by atoms with Crippen molar-refractivity contribution in [3.63, 3.8) is 0 Å². The predicted octanol–water partition coefficient (Wildman–Crippen LogP) is 2.98. The molecule has 0 saturated heterocycles. The Morgan fingerprint density at radius 1 is 1.56 bits per heavy atom. The standard InChI is InChI=1S/C11H16BrIN2O/c1-2-5-16-7-11(15-14)9-6-8(13)3-4-10(9)12/h3-4,6,11,15H,2,5,7,14H2,1H3. The second-order valence-electron chi connectivity index (χ2n) is 3.46. The predicted molar refractivity (Wildman–Crippen MR) is 78.0 cm³/mol. The van der Waals surface area contributed by atoms with Crippen molar-refractivity contribution in [2.45, 2.75) is 19.4 Å². The first kappa shape index (κ1) is 14.4. The zero-order valence-corrected chi connectivity index (χ0v) is 12.9. The van der Waals surface area contributed by atoms with E-state index < -0.39 is 0 Å². The van der Waals surface area contributed by atoms with E-state index in [4.69, 9.17) is 10.6 Å². The number of hydrogen-bond acceptors (Lipinski definition) is 3. The van der Waals surface area contributed by atoms with Crippen molar-refractivity contribution in [3.8, 4) is 0 Å². The molecule has 1 rings (SSSR count). The van der Waals surface area contributed by atoms with Gasteiger partial charge in [0.2, 0.25) is 0 Å². The van der Waals surface area contributed by atoms with E-state index in [1.54, 1.807) is 0 Å². The van der Waals surface area contributed by atoms with Gasteiger partial charge in [0.05, 0.1) is 12.6 Å². The first-order valence-corrected chi connectivity index (χ1v) is 7.05. The third-order valence-electron chi connectivity index (χ3n) is 2.17. The molecule has 16 heavy (non-hydrogen) atoms. The van der Waals surface area contributed by atoms with Gasteiger partial charge < -0.3 is 4.74 Å². The molecular weight excluding hydrogens is 383 g/mol. The highest BCUT2D eigenvalue weighted by Gasteiger charge is 2.13. The highest BCUT2D eigenvalue weighted by atomic mass is 127. The quantitative estimate of drug-likeness (QED) is 0.335. The SMILES string of the molecule is CCCOCC(NN)c1cc(I)ccc1Br. The molecule has 1 aromatic rings. The van der Waals surface area contributed by atoms with Crippen LogP contribution in [-0.2, 0) is 4.74 Å². The molecule has 0 fully saturated rings. The molecule has 3 N–H and O–H groups in total. The van der Waals surface area contributed by atoms with Gasteiger partial charge in [-0.25, -0.2) is 0 Å². The molecule has 0 bridgehead atoms. The molecule has 0 aliphatic carbocycles. The molecule has 0 aliphatic rings. The Morgan fingerprint density at radius 3 is 2.94 bits per heavy atom. The van der Waals surface area contributed by atoms with Crippen LogP contribution in [0.2, 0.25) is 0 Å². The van der Waals surface area contributed by atoms with E-state index in [2.05, 4.69) is 63.0 Å². The molecular formula is C11H16BrIN2O. The molecule has 0 saturated carbocycles. The van der Waals surface area contributed by atoms with Gasteiger partial charge in [0.15, 0.2) is 0 Å². The third-order valence-corrected chi connectivity index (χ3v) is 3.56. The van der Waals surface area contributed by atoms with Gasteiger partial charge in [0.25, 0.3) is 0 Å². The summed E-state index contributed by atoms with van der Waals surface area (Å²) in [5.74, 6) is 5.55. The van der Waals surface area contributed by atoms with E-state index in [1.165, 1.54) is 3.57 Å². The number of ether oxygens (including phenoxy) is 1. The van der Waals surface area contributed by atoms with Crippen molar-refractivity contribution in [1.29, 1.82) is 0 Å². The van der Waals surface area contributed by atoms with Gasteiger partial charge in [-0.15, -0.1) is 0 Å². The summed E-state index contributed by atoms with van der Waals surface area (Å²) in [6.07, 6.45) is 1.02. The zero-order chi connectivity index (χ0) is 12.0. The minimum absolute atomic E-state index is 0.0237. The zero-order valence-electron chi connectivity index (χ0n) is 9.17. The van der Waals surface area contributed by atoms with Gasteiger partial charge in [-0.1, -0.05) is 22.9 Å². The lowest BCUT2D eigenvalue weighted by Crippen LogP contribution is -2.31. The monoisotopic (exact) mass is 398 g/mol. The van der Waals surface area contributed by atoms with Gasteiger partial charge >= 0.3 is 0 Å². The lowest BCUT2D eigenvalue weighted by Gasteiger charge is -2.18. The van der Waals surface area contributed by atoms with Crippen LogP contribution in [0.15, 0.2) is 22.7 Å². The fourth-order valence-corrected chi connectivity index (χ4v) is 2.39. The minimum atomic E-state index is 0.0237. The summed E-state index contributed by atoms with van der Waals surface area (Å²) in [5.41, 5.74) is 3.92. The summed E-state index contributed by atoms with van der Waals surface area (Å²) in [6.45, 7) is 3.44. The van der Waals surface area contributed by atoms with Crippen molar-refractivity contribution in [2.24, 2.45) is 5.84 Å². The number of hydrogen-bond donors (Lipinski definition) is 2. The molecule has 1 aromatic carbocycles. The second kappa shape index (κ2) is 7.60. The first-order chi connectivity index (χ1) is 7.69. The molecule has 1 atom stereocenters. The summed E-state index contributed by atoms with van der Waals surface area (Å²) in [4.78, 5) is 0. The fourth-order valence-electron chi connectivity index (χ4n) is 1.35. The van der Waals surface area contributed by atoms with Crippen molar-refractivity contribution in [2.75, 3.05) is 13.2 Å². The third kappa shape index (κ3) is 4.29. The van der Waals surface area contributed by atoms with Crippen LogP contribution >= 0.6 is 38.5 Å². The second-order valence-corrected chi connectivity index (χ2v) is 5.56. The lowest BCUT2D eigenvalue weighted by molar-refractivity contribution is 0.112. The normalized spacial score (nSPS) is 12.8. The van der Waals surface area contributed by atoms with Crippen molar-refractivity contribution in [3.05, 3.63) is 31.8 Å². The molecule has 5 heteroatoms. The Morgan fingerprint density at radius 2 is 2.31 bits per heavy atom. The average Bonchev–Trinajstić information content (AvgIpc) is 2.28. The highest BCUT2D eigenvalue weighted by Crippen LogP contribution is 2.25. The Balaban J connectivity index is 2.73. The van der Waals surface area contributed by atoms with Crippen LogP contribution in [-0.4, -0.2) is 13.2 Å². The van der Waals surface area contributed by atoms with Crippen LogP contribution in [0.5, 0.6) is 0 Å². The van der Waals surface area contributed by atoms with E-state index in [-0.39, 0.29) is 6.04 Å². The number of halogens is 2. The van der Waals surface area contributed by atoms with E-state index in [9.17, 15) is 0 Å². The van der Waals surface area contributed by atoms with Crippen molar-refractivity contribution in [1.82, 2.24) is 5.43 Å². The van der Waals surface area contributed by atoms with E-state index in [0.717, 1.165) is 23.1 Å². The summed E-state index contributed by atoms with van der Waals surface area (Å²) in [6, 6.07) is 6.20. The first-order valence-electron chi connectivity index (χ1n) is 5.17. The Hall–Kier alpha value is 0.310. The van der Waals surface area contributed by atoms with Crippen LogP contribution < -0.4 is 11.3 Å². The number of nitrogens with two attached hydrogens (primary N) is 1. The van der Waals surface area contributed by atoms with Crippen LogP contribution in [0.4, 0.5) is 0 Å². The summed E-state index contributed by atoms with van der Waals surface area (Å²) >= 11 is 5.81. The smallest absolute Gasteiger partial charge is 0.0705 e. The van der Waals surface area contributed by atoms with Crippen LogP contribution in [0.1, 0.15) is 24.9 Å². The van der Waals surface area contributed by atoms with Crippen molar-refractivity contribution < 1.29 is 4.74 Å². The summed E-state index contributed by atoms with van der Waals surface area (Å²) in [7, 11) is 0. The van der Waals surface area contributed by atoms with E-state index in [1.807, 2.05) is 6.07 Å². The van der Waals surface area contributed by atoms with Crippen molar-refractivity contribution >= 4 is 38.5 Å². The topological polar surface area (TPSA) is 47.3 Å². The van der Waals surface area contributed by atoms with Gasteiger partial charge in [-0.3, -0.25) is 11.3 Å². The molecule has 0 spiro atoms. The number of hydrazine groups is 1. The molecule has 1 unspecified atom stereocenters. The maximum absolute atomic E-state index is 5.55. The lowest BCUT2D eigenvalue weighted by atomic mass is 10.1. The van der Waals surface area contributed by atoms with Crippen LogP contribution in [0, 0.1) is 3.57 Å². The van der Waals surface area contributed by atoms with Crippen LogP contribution in [0.25, 0.3) is 0 Å². The molecule has 0 aromatic heterocycles. The highest BCUT2D eigenvalue weighted by molar-refractivity contribution is 14.1. The maximum atomic E-state index is 5.55. The molecule has 0 aliphatic heterocycles. The molecule has 90 valence electrons. The maximum Gasteiger partial charge on any atom is 0.0705 e. The van der Waals surface area contributed by atoms with Gasteiger partial charge in [-0.2, -0.15) is 0 Å². The Kier molecular flexibility index (Phi) is 6.83. The number of benzene rings is 1. The minimum Gasteiger partial charge on any atom is -0.379 e. The molecule has 0 radical (unpaired) electrons. The van der Waals surface area contributed by atoms with Gasteiger partial charge in [0, 0.05) is 14.6 Å². The molecule has 3 nitrogen and oxygen atoms in total. The fraction of sp³-hybridized carbons (Fsp3) is 0.455. The van der Waals surface area contributed by atoms with Gasteiger partial charge in [0.1, 0.15) is 0 Å². The summed E-state index contributed by atoms with van der Waals surface area (Å²) < 4.78 is 7.76. The summed E-state index contributed by atoms with van der Waals surface area (Å²) in [5, 5.41) is 0. The average molecular weight is 399 g/mol. The molecule has 0 heterocycles. The Labute approximate surface area is 118 Å². The largest absolute Gasteiger partial charge is 0.379 e. The van der Waals surface area contributed by atoms with E-state index >= 15 is 0 Å².